The highest BCUT2D eigenvalue weighted by Gasteiger charge is 2.48. The van der Waals surface area contributed by atoms with E-state index in [0.717, 1.165) is 12.1 Å². The Hall–Kier alpha value is -2.23. The van der Waals surface area contributed by atoms with Crippen LogP contribution in [0.4, 0.5) is 13.2 Å². The first-order valence-electron chi connectivity index (χ1n) is 5.95. The summed E-state index contributed by atoms with van der Waals surface area (Å²) < 4.78 is 69.3. The Balaban J connectivity index is 2.49. The first-order valence-corrected chi connectivity index (χ1v) is 7.36. The standard InChI is InChI=1S/C12H10F3NO5S/c1-2-20-11(17)9-5-6-10(8-4-3-7-16(8)9)21-22(18,19)12(13,14)15/h3-7H,2H2,1H3. The van der Waals surface area contributed by atoms with E-state index in [1.165, 1.54) is 22.7 Å². The minimum atomic E-state index is -5.79. The van der Waals surface area contributed by atoms with Gasteiger partial charge in [0, 0.05) is 6.20 Å². The second-order valence-corrected chi connectivity index (χ2v) is 5.59. The number of rotatable bonds is 4. The van der Waals surface area contributed by atoms with Crippen LogP contribution in [0.5, 0.6) is 5.75 Å². The van der Waals surface area contributed by atoms with Crippen LogP contribution in [0, 0.1) is 0 Å². The van der Waals surface area contributed by atoms with Crippen molar-refractivity contribution in [2.24, 2.45) is 0 Å². The van der Waals surface area contributed by atoms with Crippen molar-refractivity contribution in [3.8, 4) is 5.75 Å². The van der Waals surface area contributed by atoms with Crippen molar-refractivity contribution in [3.05, 3.63) is 36.2 Å². The van der Waals surface area contributed by atoms with Crippen molar-refractivity contribution in [3.63, 3.8) is 0 Å². The van der Waals surface area contributed by atoms with Gasteiger partial charge in [-0.1, -0.05) is 0 Å². The lowest BCUT2D eigenvalue weighted by molar-refractivity contribution is -0.0499. The molecule has 0 aliphatic carbocycles. The van der Waals surface area contributed by atoms with Crippen LogP contribution in [-0.4, -0.2) is 30.9 Å². The lowest BCUT2D eigenvalue weighted by Crippen LogP contribution is -2.28. The van der Waals surface area contributed by atoms with E-state index >= 15 is 0 Å². The maximum Gasteiger partial charge on any atom is 0.534 e. The van der Waals surface area contributed by atoms with Crippen LogP contribution in [-0.2, 0) is 14.9 Å². The summed E-state index contributed by atoms with van der Waals surface area (Å²) in [6.45, 7) is 1.71. The number of esters is 1. The molecule has 2 rings (SSSR count). The molecule has 0 bridgehead atoms. The van der Waals surface area contributed by atoms with Gasteiger partial charge in [0.25, 0.3) is 0 Å². The zero-order valence-corrected chi connectivity index (χ0v) is 11.9. The first kappa shape index (κ1) is 16.1. The van der Waals surface area contributed by atoms with Gasteiger partial charge in [-0.25, -0.2) is 4.79 Å². The van der Waals surface area contributed by atoms with Crippen LogP contribution in [0.3, 0.4) is 0 Å². The van der Waals surface area contributed by atoms with Crippen LogP contribution in [0.15, 0.2) is 30.5 Å². The van der Waals surface area contributed by atoms with Gasteiger partial charge in [0.15, 0.2) is 5.75 Å². The number of pyridine rings is 1. The summed E-state index contributed by atoms with van der Waals surface area (Å²) in [5.74, 6) is -1.25. The van der Waals surface area contributed by atoms with Crippen molar-refractivity contribution in [1.29, 1.82) is 0 Å². The Morgan fingerprint density at radius 1 is 1.27 bits per heavy atom. The molecule has 2 aromatic heterocycles. The third-order valence-corrected chi connectivity index (χ3v) is 3.59. The third-order valence-electron chi connectivity index (χ3n) is 2.62. The topological polar surface area (TPSA) is 74.1 Å². The average molecular weight is 337 g/mol. The minimum Gasteiger partial charge on any atom is -0.461 e. The molecule has 0 amide bonds. The summed E-state index contributed by atoms with van der Waals surface area (Å²) in [6.07, 6.45) is 1.37. The fourth-order valence-corrected chi connectivity index (χ4v) is 2.19. The Morgan fingerprint density at radius 3 is 2.55 bits per heavy atom. The fourth-order valence-electron chi connectivity index (χ4n) is 1.72. The van der Waals surface area contributed by atoms with Gasteiger partial charge in [-0.05, 0) is 31.2 Å². The molecule has 22 heavy (non-hydrogen) atoms. The minimum absolute atomic E-state index is 0.0154. The van der Waals surface area contributed by atoms with Crippen LogP contribution < -0.4 is 4.18 Å². The zero-order chi connectivity index (χ0) is 16.5. The lowest BCUT2D eigenvalue weighted by atomic mass is 10.3. The highest BCUT2D eigenvalue weighted by Crippen LogP contribution is 2.30. The summed E-state index contributed by atoms with van der Waals surface area (Å²) in [5, 5.41) is 0. The van der Waals surface area contributed by atoms with E-state index in [0.29, 0.717) is 0 Å². The number of nitrogens with zero attached hydrogens (tertiary/aromatic N) is 1. The number of ether oxygens (including phenoxy) is 1. The molecule has 0 fully saturated rings. The second kappa shape index (κ2) is 5.52. The van der Waals surface area contributed by atoms with E-state index in [1.807, 2.05) is 0 Å². The van der Waals surface area contributed by atoms with E-state index in [-0.39, 0.29) is 17.8 Å². The smallest absolute Gasteiger partial charge is 0.461 e. The number of carbonyl (C=O) groups is 1. The van der Waals surface area contributed by atoms with E-state index in [1.54, 1.807) is 6.92 Å². The van der Waals surface area contributed by atoms with Gasteiger partial charge in [-0.15, -0.1) is 0 Å². The SMILES string of the molecule is CCOC(=O)c1ccc(OS(=O)(=O)C(F)(F)F)c2cccn12. The molecule has 2 aromatic rings. The van der Waals surface area contributed by atoms with E-state index in [2.05, 4.69) is 4.18 Å². The molecular weight excluding hydrogens is 327 g/mol. The highest BCUT2D eigenvalue weighted by molar-refractivity contribution is 7.88. The Morgan fingerprint density at radius 2 is 1.95 bits per heavy atom. The molecule has 6 nitrogen and oxygen atoms in total. The Kier molecular flexibility index (Phi) is 4.05. The second-order valence-electron chi connectivity index (χ2n) is 4.05. The summed E-state index contributed by atoms with van der Waals surface area (Å²) in [7, 11) is -5.79. The van der Waals surface area contributed by atoms with Crippen molar-refractivity contribution in [2.75, 3.05) is 6.61 Å². The maximum absolute atomic E-state index is 12.4. The van der Waals surface area contributed by atoms with Crippen LogP contribution in [0.2, 0.25) is 0 Å². The Bertz CT molecular complexity index is 810. The number of hydrogen-bond donors (Lipinski definition) is 0. The molecule has 0 N–H and O–H groups in total. The molecule has 0 atom stereocenters. The molecular formula is C12H10F3NO5S. The summed E-state index contributed by atoms with van der Waals surface area (Å²) in [5.41, 5.74) is -5.53. The van der Waals surface area contributed by atoms with Crippen LogP contribution in [0.1, 0.15) is 17.4 Å². The number of alkyl halides is 3. The monoisotopic (exact) mass is 337 g/mol. The van der Waals surface area contributed by atoms with Crippen LogP contribution in [0.25, 0.3) is 5.52 Å². The summed E-state index contributed by atoms with van der Waals surface area (Å²) >= 11 is 0. The first-order chi connectivity index (χ1) is 10.2. The van der Waals surface area contributed by atoms with Gasteiger partial charge >= 0.3 is 21.6 Å². The predicted molar refractivity (Wildman–Crippen MR) is 69.0 cm³/mol. The number of hydrogen-bond acceptors (Lipinski definition) is 5. The predicted octanol–water partition coefficient (Wildman–Crippen LogP) is 2.34. The largest absolute Gasteiger partial charge is 0.534 e. The molecule has 0 unspecified atom stereocenters. The van der Waals surface area contributed by atoms with Gasteiger partial charge in [0.05, 0.1) is 12.1 Å². The summed E-state index contributed by atoms with van der Waals surface area (Å²) in [6, 6.07) is 4.81. The van der Waals surface area contributed by atoms with E-state index < -0.39 is 27.3 Å². The number of carbonyl (C=O) groups excluding carboxylic acids is 1. The molecule has 0 aliphatic rings. The average Bonchev–Trinajstić information content (AvgIpc) is 2.87. The van der Waals surface area contributed by atoms with Gasteiger partial charge < -0.3 is 13.3 Å². The molecule has 0 saturated carbocycles. The van der Waals surface area contributed by atoms with Gasteiger partial charge in [0.1, 0.15) is 5.69 Å². The zero-order valence-electron chi connectivity index (χ0n) is 11.1. The van der Waals surface area contributed by atoms with Crippen molar-refractivity contribution in [1.82, 2.24) is 4.40 Å². The van der Waals surface area contributed by atoms with Crippen molar-refractivity contribution >= 4 is 21.6 Å². The van der Waals surface area contributed by atoms with Gasteiger partial charge in [0.2, 0.25) is 0 Å². The highest BCUT2D eigenvalue weighted by atomic mass is 32.2. The maximum atomic E-state index is 12.4. The summed E-state index contributed by atoms with van der Waals surface area (Å²) in [4.78, 5) is 11.7. The van der Waals surface area contributed by atoms with E-state index in [9.17, 15) is 26.4 Å². The molecule has 0 aliphatic heterocycles. The quantitative estimate of drug-likeness (QED) is 0.486. The number of fused-ring (bicyclic) bond motifs is 1. The number of aromatic nitrogens is 1. The fraction of sp³-hybridized carbons (Fsp3) is 0.250. The molecule has 0 aromatic carbocycles. The normalized spacial score (nSPS) is 12.4. The third kappa shape index (κ3) is 2.86. The van der Waals surface area contributed by atoms with E-state index in [4.69, 9.17) is 4.74 Å². The Labute approximate surface area is 123 Å². The molecule has 0 radical (unpaired) electrons. The van der Waals surface area contributed by atoms with Gasteiger partial charge in [-0.2, -0.15) is 21.6 Å². The molecule has 0 spiro atoms. The lowest BCUT2D eigenvalue weighted by Gasteiger charge is -2.12. The number of halogens is 3. The van der Waals surface area contributed by atoms with Crippen molar-refractivity contribution in [2.45, 2.75) is 12.4 Å². The molecule has 2 heterocycles. The van der Waals surface area contributed by atoms with Crippen molar-refractivity contribution < 1.29 is 35.3 Å². The molecule has 120 valence electrons. The molecule has 10 heteroatoms. The molecule has 0 saturated heterocycles. The van der Waals surface area contributed by atoms with Crippen LogP contribution >= 0.6 is 0 Å². The van der Waals surface area contributed by atoms with Gasteiger partial charge in [-0.3, -0.25) is 0 Å².